The average molecular weight is 846 g/mol. The van der Waals surface area contributed by atoms with E-state index in [1.807, 2.05) is 31.2 Å². The maximum atomic E-state index is 14.4. The van der Waals surface area contributed by atoms with Crippen LogP contribution in [0.1, 0.15) is 93.4 Å². The third-order valence-corrected chi connectivity index (χ3v) is 11.1. The fourth-order valence-corrected chi connectivity index (χ4v) is 7.84. The molecule has 2 heterocycles. The lowest BCUT2D eigenvalue weighted by Crippen LogP contribution is -2.50. The normalized spacial score (nSPS) is 16.1. The van der Waals surface area contributed by atoms with Crippen molar-refractivity contribution >= 4 is 29.6 Å². The second-order valence-corrected chi connectivity index (χ2v) is 15.0. The van der Waals surface area contributed by atoms with E-state index < -0.39 is 24.0 Å². The molecule has 15 nitrogen and oxygen atoms in total. The van der Waals surface area contributed by atoms with Crippen LogP contribution < -0.4 is 33.7 Å². The third-order valence-electron chi connectivity index (χ3n) is 11.1. The van der Waals surface area contributed by atoms with Crippen molar-refractivity contribution in [3.05, 3.63) is 71.3 Å². The number of ether oxygens (including phenoxy) is 7. The Balaban J connectivity index is 1.30. The van der Waals surface area contributed by atoms with Gasteiger partial charge in [-0.05, 0) is 104 Å². The monoisotopic (exact) mass is 845 g/mol. The summed E-state index contributed by atoms with van der Waals surface area (Å²) >= 11 is 0. The van der Waals surface area contributed by atoms with E-state index in [0.29, 0.717) is 104 Å². The Hall–Kier alpha value is -5.99. The van der Waals surface area contributed by atoms with Gasteiger partial charge in [0.25, 0.3) is 5.91 Å². The Morgan fingerprint density at radius 1 is 0.787 bits per heavy atom. The van der Waals surface area contributed by atoms with Gasteiger partial charge in [-0.25, -0.2) is 4.79 Å². The summed E-state index contributed by atoms with van der Waals surface area (Å²) in [5.74, 6) is 0.975. The summed E-state index contributed by atoms with van der Waals surface area (Å²) in [6.45, 7) is 2.80. The molecule has 330 valence electrons. The lowest BCUT2D eigenvalue weighted by molar-refractivity contribution is -0.162. The topological polar surface area (TPSA) is 168 Å². The molecule has 15 heteroatoms. The molecule has 0 saturated carbocycles. The summed E-state index contributed by atoms with van der Waals surface area (Å²) in [6.07, 6.45) is 4.29. The van der Waals surface area contributed by atoms with Crippen LogP contribution in [0.5, 0.6) is 34.5 Å². The van der Waals surface area contributed by atoms with Crippen molar-refractivity contribution in [2.75, 3.05) is 61.8 Å². The number of likely N-dealkylation sites (tertiary alicyclic amines) is 2. The molecular formula is C46H59N3O12. The molecule has 3 aromatic carbocycles. The predicted molar refractivity (Wildman–Crippen MR) is 225 cm³/mol. The highest BCUT2D eigenvalue weighted by Crippen LogP contribution is 2.41. The molecule has 0 aliphatic carbocycles. The number of hydrogen-bond acceptors (Lipinski definition) is 12. The standard InChI is InChI=1S/C46H59N3O12/c1-7-34(32-27-39(57-4)44(59-6)40(28-32)58-5)45(53)48-23-10-8-15-35(48)46(54)61-36(18-16-30-17-19-37(55-2)38(25-30)56-3)31-13-12-14-33(26-31)60-29-41(50)47-22-9-11-24-49-42(51)20-21-43(49)52/h12-14,17,19,25-28,34-36H,7-11,15-16,18,20-24,29H2,1-6H3,(H,47,50)/t34-,35-,36+/m0/s1. The van der Waals surface area contributed by atoms with Crippen LogP contribution in [0.2, 0.25) is 0 Å². The SMILES string of the molecule is CC[C@H](C(=O)N1CCCC[C@H]1C(=O)O[C@H](CCc1ccc(OC)c(OC)c1)c1cccc(OCC(=O)NCCCCN2C(=O)CCC2=O)c1)c1cc(OC)c(OC)c(OC)c1. The van der Waals surface area contributed by atoms with Crippen LogP contribution in [0.4, 0.5) is 0 Å². The molecule has 2 aliphatic rings. The van der Waals surface area contributed by atoms with Crippen molar-refractivity contribution in [3.63, 3.8) is 0 Å². The van der Waals surface area contributed by atoms with Gasteiger partial charge in [0.1, 0.15) is 17.9 Å². The molecule has 3 aromatic rings. The number of piperidine rings is 1. The number of amides is 4. The van der Waals surface area contributed by atoms with Crippen LogP contribution in [-0.4, -0.2) is 107 Å². The number of aryl methyl sites for hydroxylation is 1. The minimum atomic E-state index is -0.805. The number of carbonyl (C=O) groups is 5. The van der Waals surface area contributed by atoms with Crippen molar-refractivity contribution in [2.45, 2.75) is 89.2 Å². The van der Waals surface area contributed by atoms with Gasteiger partial charge in [0.15, 0.2) is 29.6 Å². The van der Waals surface area contributed by atoms with Gasteiger partial charge in [-0.15, -0.1) is 0 Å². The zero-order chi connectivity index (χ0) is 43.9. The van der Waals surface area contributed by atoms with E-state index in [9.17, 15) is 24.0 Å². The largest absolute Gasteiger partial charge is 0.493 e. The first-order valence-corrected chi connectivity index (χ1v) is 20.9. The summed E-state index contributed by atoms with van der Waals surface area (Å²) in [5, 5.41) is 2.82. The molecule has 2 aliphatic heterocycles. The maximum Gasteiger partial charge on any atom is 0.329 e. The van der Waals surface area contributed by atoms with E-state index >= 15 is 0 Å². The summed E-state index contributed by atoms with van der Waals surface area (Å²) in [5.41, 5.74) is 2.29. The minimum Gasteiger partial charge on any atom is -0.493 e. The summed E-state index contributed by atoms with van der Waals surface area (Å²) in [7, 11) is 7.72. The van der Waals surface area contributed by atoms with E-state index in [2.05, 4.69) is 5.32 Å². The molecule has 0 radical (unpaired) electrons. The smallest absolute Gasteiger partial charge is 0.329 e. The van der Waals surface area contributed by atoms with Crippen molar-refractivity contribution < 1.29 is 57.1 Å². The molecule has 0 aromatic heterocycles. The van der Waals surface area contributed by atoms with Gasteiger partial charge >= 0.3 is 5.97 Å². The van der Waals surface area contributed by atoms with E-state index in [4.69, 9.17) is 33.2 Å². The van der Waals surface area contributed by atoms with Gasteiger partial charge < -0.3 is 43.4 Å². The number of methoxy groups -OCH3 is 5. The number of hydrogen-bond donors (Lipinski definition) is 1. The Kier molecular flexibility index (Phi) is 17.0. The van der Waals surface area contributed by atoms with Crippen molar-refractivity contribution in [2.24, 2.45) is 0 Å². The highest BCUT2D eigenvalue weighted by molar-refractivity contribution is 6.01. The van der Waals surface area contributed by atoms with Crippen molar-refractivity contribution in [1.29, 1.82) is 0 Å². The zero-order valence-electron chi connectivity index (χ0n) is 36.1. The maximum absolute atomic E-state index is 14.4. The second kappa shape index (κ2) is 22.6. The van der Waals surface area contributed by atoms with Crippen LogP contribution in [0.3, 0.4) is 0 Å². The number of nitrogens with one attached hydrogen (secondary N) is 1. The Labute approximate surface area is 357 Å². The molecule has 0 spiro atoms. The molecule has 3 atom stereocenters. The number of benzene rings is 3. The second-order valence-electron chi connectivity index (χ2n) is 15.0. The quantitative estimate of drug-likeness (QED) is 0.0719. The fourth-order valence-electron chi connectivity index (χ4n) is 7.84. The molecule has 0 unspecified atom stereocenters. The third kappa shape index (κ3) is 11.9. The molecule has 2 saturated heterocycles. The molecule has 61 heavy (non-hydrogen) atoms. The number of unbranched alkanes of at least 4 members (excludes halogenated alkanes) is 1. The van der Waals surface area contributed by atoms with Gasteiger partial charge in [0.2, 0.25) is 23.5 Å². The molecule has 5 rings (SSSR count). The van der Waals surface area contributed by atoms with Crippen molar-refractivity contribution in [3.8, 4) is 34.5 Å². The van der Waals surface area contributed by atoms with Crippen LogP contribution >= 0.6 is 0 Å². The lowest BCUT2D eigenvalue weighted by atomic mass is 9.91. The van der Waals surface area contributed by atoms with Gasteiger partial charge in [-0.2, -0.15) is 0 Å². The van der Waals surface area contributed by atoms with Gasteiger partial charge in [-0.1, -0.05) is 25.1 Å². The average Bonchev–Trinajstić information content (AvgIpc) is 3.61. The summed E-state index contributed by atoms with van der Waals surface area (Å²) < 4.78 is 39.9. The molecule has 4 amide bonds. The summed E-state index contributed by atoms with van der Waals surface area (Å²) in [6, 6.07) is 15.5. The highest BCUT2D eigenvalue weighted by Gasteiger charge is 2.38. The zero-order valence-corrected chi connectivity index (χ0v) is 36.1. The Bertz CT molecular complexity index is 1960. The van der Waals surface area contributed by atoms with Gasteiger partial charge in [0.05, 0.1) is 41.5 Å². The fraction of sp³-hybridized carbons (Fsp3) is 0.500. The van der Waals surface area contributed by atoms with E-state index in [1.54, 1.807) is 49.5 Å². The first-order chi connectivity index (χ1) is 29.5. The number of rotatable bonds is 22. The van der Waals surface area contributed by atoms with Gasteiger partial charge in [-0.3, -0.25) is 24.1 Å². The van der Waals surface area contributed by atoms with E-state index in [0.717, 1.165) is 18.4 Å². The first-order valence-electron chi connectivity index (χ1n) is 20.9. The minimum absolute atomic E-state index is 0.150. The number of esters is 1. The van der Waals surface area contributed by atoms with E-state index in [-0.39, 0.29) is 43.1 Å². The van der Waals surface area contributed by atoms with Crippen LogP contribution in [0.15, 0.2) is 54.6 Å². The van der Waals surface area contributed by atoms with E-state index in [1.165, 1.54) is 26.2 Å². The Morgan fingerprint density at radius 3 is 2.15 bits per heavy atom. The van der Waals surface area contributed by atoms with Crippen LogP contribution in [0.25, 0.3) is 0 Å². The first kappa shape index (κ1) is 46.1. The number of nitrogens with zero attached hydrogens (tertiary/aromatic N) is 2. The summed E-state index contributed by atoms with van der Waals surface area (Å²) in [4.78, 5) is 68.1. The number of carbonyl (C=O) groups excluding carboxylic acids is 5. The molecular weight excluding hydrogens is 787 g/mol. The van der Waals surface area contributed by atoms with Gasteiger partial charge in [0, 0.05) is 32.5 Å². The van der Waals surface area contributed by atoms with Crippen LogP contribution in [-0.2, 0) is 35.1 Å². The Morgan fingerprint density at radius 2 is 1.49 bits per heavy atom. The van der Waals surface area contributed by atoms with Crippen molar-refractivity contribution in [1.82, 2.24) is 15.1 Å². The lowest BCUT2D eigenvalue weighted by Gasteiger charge is -2.37. The van der Waals surface area contributed by atoms with Crippen LogP contribution in [0, 0.1) is 0 Å². The molecule has 1 N–H and O–H groups in total. The molecule has 2 fully saturated rings. The molecule has 0 bridgehead atoms. The predicted octanol–water partition coefficient (Wildman–Crippen LogP) is 5.95. The number of imide groups is 1. The highest BCUT2D eigenvalue weighted by atomic mass is 16.5.